The van der Waals surface area contributed by atoms with E-state index in [9.17, 15) is 0 Å². The fourth-order valence-electron chi connectivity index (χ4n) is 2.26. The third-order valence-electron chi connectivity index (χ3n) is 3.49. The highest BCUT2D eigenvalue weighted by Crippen LogP contribution is 2.26. The third-order valence-corrected chi connectivity index (χ3v) is 3.49. The summed E-state index contributed by atoms with van der Waals surface area (Å²) < 4.78 is 1.99. The van der Waals surface area contributed by atoms with E-state index in [-0.39, 0.29) is 0 Å². The zero-order valence-electron chi connectivity index (χ0n) is 13.2. The van der Waals surface area contributed by atoms with E-state index in [2.05, 4.69) is 38.1 Å². The first-order chi connectivity index (χ1) is 8.97. The van der Waals surface area contributed by atoms with Crippen molar-refractivity contribution in [3.63, 3.8) is 0 Å². The number of hydrogen-bond acceptors (Lipinski definition) is 3. The van der Waals surface area contributed by atoms with Crippen LogP contribution in [0.5, 0.6) is 0 Å². The van der Waals surface area contributed by atoms with Gasteiger partial charge in [0, 0.05) is 12.1 Å². The molecule has 0 aliphatic rings. The Morgan fingerprint density at radius 3 is 2.47 bits per heavy atom. The summed E-state index contributed by atoms with van der Waals surface area (Å²) >= 11 is 0. The van der Waals surface area contributed by atoms with Crippen LogP contribution in [0.15, 0.2) is 0 Å². The molecule has 1 atom stereocenters. The number of aryl methyl sites for hydroxylation is 1. The summed E-state index contributed by atoms with van der Waals surface area (Å²) in [4.78, 5) is 0. The number of nitrogens with zero attached hydrogens (tertiary/aromatic N) is 2. The Labute approximate surface area is 117 Å². The van der Waals surface area contributed by atoms with Crippen molar-refractivity contribution < 1.29 is 0 Å². The molecule has 3 N–H and O–H groups in total. The lowest BCUT2D eigenvalue weighted by Crippen LogP contribution is -2.19. The predicted molar refractivity (Wildman–Crippen MR) is 83.6 cm³/mol. The summed E-state index contributed by atoms with van der Waals surface area (Å²) in [5, 5.41) is 8.03. The molecular formula is C15H30N4. The first kappa shape index (κ1) is 15.9. The molecule has 19 heavy (non-hydrogen) atoms. The highest BCUT2D eigenvalue weighted by atomic mass is 15.4. The average molecular weight is 266 g/mol. The molecule has 1 unspecified atom stereocenters. The minimum absolute atomic E-state index is 0.325. The van der Waals surface area contributed by atoms with E-state index in [0.717, 1.165) is 17.2 Å². The molecule has 0 radical (unpaired) electrons. The van der Waals surface area contributed by atoms with Crippen LogP contribution in [0, 0.1) is 6.92 Å². The van der Waals surface area contributed by atoms with Crippen LogP contribution < -0.4 is 11.1 Å². The predicted octanol–water partition coefficient (Wildman–Crippen LogP) is 4.13. The topological polar surface area (TPSA) is 55.9 Å². The van der Waals surface area contributed by atoms with Crippen LogP contribution in [0.4, 0.5) is 11.5 Å². The summed E-state index contributed by atoms with van der Waals surface area (Å²) in [6.07, 6.45) is 6.39. The number of nitrogens with one attached hydrogen (secondary N) is 1. The maximum Gasteiger partial charge on any atom is 0.148 e. The zero-order valence-corrected chi connectivity index (χ0v) is 13.2. The molecule has 4 nitrogen and oxygen atoms in total. The van der Waals surface area contributed by atoms with Gasteiger partial charge in [0.1, 0.15) is 5.82 Å². The quantitative estimate of drug-likeness (QED) is 0.696. The van der Waals surface area contributed by atoms with Crippen LogP contribution in [-0.4, -0.2) is 15.8 Å². The first-order valence-corrected chi connectivity index (χ1v) is 7.58. The van der Waals surface area contributed by atoms with E-state index < -0.39 is 0 Å². The smallest absolute Gasteiger partial charge is 0.148 e. The minimum atomic E-state index is 0.325. The molecule has 110 valence electrons. The van der Waals surface area contributed by atoms with Crippen molar-refractivity contribution in [1.82, 2.24) is 9.78 Å². The van der Waals surface area contributed by atoms with Crippen molar-refractivity contribution in [3.8, 4) is 0 Å². The van der Waals surface area contributed by atoms with Gasteiger partial charge in [-0.2, -0.15) is 5.10 Å². The second kappa shape index (κ2) is 7.41. The number of rotatable bonds is 8. The third kappa shape index (κ3) is 4.44. The van der Waals surface area contributed by atoms with E-state index in [4.69, 9.17) is 5.73 Å². The van der Waals surface area contributed by atoms with Crippen LogP contribution in [-0.2, 0) is 0 Å². The number of nitrogens with two attached hydrogens (primary N) is 1. The Hall–Kier alpha value is -1.19. The zero-order chi connectivity index (χ0) is 14.4. The lowest BCUT2D eigenvalue weighted by atomic mass is 10.1. The number of aromatic nitrogens is 2. The Morgan fingerprint density at radius 2 is 1.89 bits per heavy atom. The van der Waals surface area contributed by atoms with Crippen LogP contribution >= 0.6 is 0 Å². The van der Waals surface area contributed by atoms with Gasteiger partial charge in [-0.15, -0.1) is 0 Å². The minimum Gasteiger partial charge on any atom is -0.394 e. The number of nitrogen functional groups attached to an aromatic ring is 1. The number of anilines is 2. The number of unbranched alkanes of at least 4 members (excludes halogenated alkanes) is 3. The lowest BCUT2D eigenvalue weighted by Gasteiger charge is -2.18. The SMILES string of the molecule is CCCCCCC(C)Nc1c(N)c(C)nn1C(C)C. The van der Waals surface area contributed by atoms with Gasteiger partial charge in [0.25, 0.3) is 0 Å². The Bertz CT molecular complexity index is 382. The Kier molecular flexibility index (Phi) is 6.19. The highest BCUT2D eigenvalue weighted by molar-refractivity contribution is 5.65. The summed E-state index contributed by atoms with van der Waals surface area (Å²) in [7, 11) is 0. The molecule has 1 aromatic rings. The molecule has 0 aliphatic carbocycles. The van der Waals surface area contributed by atoms with Crippen molar-refractivity contribution in [2.45, 2.75) is 78.8 Å². The summed E-state index contributed by atoms with van der Waals surface area (Å²) in [5.74, 6) is 0.982. The fourth-order valence-corrected chi connectivity index (χ4v) is 2.26. The van der Waals surface area contributed by atoms with Crippen molar-refractivity contribution in [2.24, 2.45) is 0 Å². The van der Waals surface area contributed by atoms with Gasteiger partial charge in [0.2, 0.25) is 0 Å². The number of hydrogen-bond donors (Lipinski definition) is 2. The molecule has 1 aromatic heterocycles. The van der Waals surface area contributed by atoms with Gasteiger partial charge in [-0.05, 0) is 34.1 Å². The first-order valence-electron chi connectivity index (χ1n) is 7.58. The van der Waals surface area contributed by atoms with E-state index in [1.54, 1.807) is 0 Å². The van der Waals surface area contributed by atoms with E-state index in [0.29, 0.717) is 12.1 Å². The molecule has 0 aliphatic heterocycles. The molecule has 0 fully saturated rings. The van der Waals surface area contributed by atoms with Gasteiger partial charge in [-0.3, -0.25) is 0 Å². The molecular weight excluding hydrogens is 236 g/mol. The molecule has 1 heterocycles. The molecule has 0 spiro atoms. The molecule has 0 amide bonds. The van der Waals surface area contributed by atoms with E-state index in [1.165, 1.54) is 32.1 Å². The molecule has 4 heteroatoms. The fraction of sp³-hybridized carbons (Fsp3) is 0.800. The maximum absolute atomic E-state index is 6.12. The van der Waals surface area contributed by atoms with Gasteiger partial charge >= 0.3 is 0 Å². The molecule has 0 saturated heterocycles. The standard InChI is InChI=1S/C15H30N4/c1-6-7-8-9-10-12(4)17-15-14(16)13(5)18-19(15)11(2)3/h11-12,17H,6-10,16H2,1-5H3. The van der Waals surface area contributed by atoms with Crippen molar-refractivity contribution >= 4 is 11.5 Å². The van der Waals surface area contributed by atoms with Gasteiger partial charge in [-0.25, -0.2) is 4.68 Å². The second-order valence-corrected chi connectivity index (χ2v) is 5.78. The lowest BCUT2D eigenvalue weighted by molar-refractivity contribution is 0.526. The largest absolute Gasteiger partial charge is 0.394 e. The van der Waals surface area contributed by atoms with Crippen LogP contribution in [0.25, 0.3) is 0 Å². The van der Waals surface area contributed by atoms with Gasteiger partial charge in [0.05, 0.1) is 11.4 Å². The molecule has 1 rings (SSSR count). The second-order valence-electron chi connectivity index (χ2n) is 5.78. The van der Waals surface area contributed by atoms with E-state index in [1.807, 2.05) is 11.6 Å². The maximum atomic E-state index is 6.12. The van der Waals surface area contributed by atoms with Crippen LogP contribution in [0.2, 0.25) is 0 Å². The molecule has 0 bridgehead atoms. The van der Waals surface area contributed by atoms with Crippen molar-refractivity contribution in [1.29, 1.82) is 0 Å². The van der Waals surface area contributed by atoms with E-state index >= 15 is 0 Å². The van der Waals surface area contributed by atoms with Gasteiger partial charge in [-0.1, -0.05) is 32.6 Å². The Morgan fingerprint density at radius 1 is 1.21 bits per heavy atom. The Balaban J connectivity index is 2.60. The van der Waals surface area contributed by atoms with Gasteiger partial charge < -0.3 is 11.1 Å². The van der Waals surface area contributed by atoms with Crippen LogP contribution in [0.3, 0.4) is 0 Å². The van der Waals surface area contributed by atoms with Crippen molar-refractivity contribution in [3.05, 3.63) is 5.69 Å². The highest BCUT2D eigenvalue weighted by Gasteiger charge is 2.16. The monoisotopic (exact) mass is 266 g/mol. The normalized spacial score (nSPS) is 12.9. The van der Waals surface area contributed by atoms with Crippen LogP contribution in [0.1, 0.15) is 71.5 Å². The molecule has 0 saturated carbocycles. The molecule has 0 aromatic carbocycles. The van der Waals surface area contributed by atoms with Crippen molar-refractivity contribution in [2.75, 3.05) is 11.1 Å². The summed E-state index contributed by atoms with van der Waals surface area (Å²) in [6.45, 7) is 10.7. The summed E-state index contributed by atoms with van der Waals surface area (Å²) in [6, 6.07) is 0.763. The average Bonchev–Trinajstić information content (AvgIpc) is 2.63. The van der Waals surface area contributed by atoms with Gasteiger partial charge in [0.15, 0.2) is 0 Å². The summed E-state index contributed by atoms with van der Waals surface area (Å²) in [5.41, 5.74) is 7.82.